The Morgan fingerprint density at radius 1 is 1.86 bits per heavy atom. The van der Waals surface area contributed by atoms with Crippen molar-refractivity contribution < 1.29 is 4.79 Å². The van der Waals surface area contributed by atoms with Gasteiger partial charge in [-0.1, -0.05) is 0 Å². The van der Waals surface area contributed by atoms with Gasteiger partial charge in [-0.3, -0.25) is 4.79 Å². The smallest absolute Gasteiger partial charge is 0.156 e. The minimum Gasteiger partial charge on any atom is -0.302 e. The fraction of sp³-hybridized carbons (Fsp3) is 0.750. The van der Waals surface area contributed by atoms with Gasteiger partial charge in [0.15, 0.2) is 5.78 Å². The monoisotopic (exact) mass is 119 g/mol. The zero-order valence-corrected chi connectivity index (χ0v) is 5.33. The van der Waals surface area contributed by atoms with Crippen LogP contribution in [0.5, 0.6) is 0 Å². The number of nitrogens with one attached hydrogen (secondary N) is 1. The molecule has 0 aromatic heterocycles. The van der Waals surface area contributed by atoms with Crippen molar-refractivity contribution in [3.05, 3.63) is 0 Å². The van der Waals surface area contributed by atoms with Crippen LogP contribution in [0.1, 0.15) is 6.92 Å². The molecule has 0 aromatic carbocycles. The summed E-state index contributed by atoms with van der Waals surface area (Å²) in [5.74, 6) is 0.0471. The zero-order chi connectivity index (χ0) is 5.86. The molecule has 1 unspecified atom stereocenters. The summed E-state index contributed by atoms with van der Waals surface area (Å²) >= 11 is 3.86. The Bertz CT molecular complexity index is 74.1. The molecule has 0 bridgehead atoms. The molecule has 0 saturated heterocycles. The fourth-order valence-electron chi connectivity index (χ4n) is 0.203. The predicted octanol–water partition coefficient (Wildman–Crippen LogP) is 0.0507. The van der Waals surface area contributed by atoms with E-state index in [4.69, 9.17) is 0 Å². The number of Topliss-reactive ketones (excluding diaryl/α,β-unsaturated/α-hetero) is 1. The van der Waals surface area contributed by atoms with Crippen LogP contribution < -0.4 is 5.32 Å². The van der Waals surface area contributed by atoms with Crippen LogP contribution in [-0.2, 0) is 4.79 Å². The quantitative estimate of drug-likeness (QED) is 0.397. The maximum absolute atomic E-state index is 10.2. The Morgan fingerprint density at radius 3 is 2.29 bits per heavy atom. The third-order valence-electron chi connectivity index (χ3n) is 0.659. The highest BCUT2D eigenvalue weighted by Gasteiger charge is 2.01. The summed E-state index contributed by atoms with van der Waals surface area (Å²) in [7, 11) is 1.69. The van der Waals surface area contributed by atoms with Gasteiger partial charge in [0.2, 0.25) is 0 Å². The van der Waals surface area contributed by atoms with Crippen LogP contribution in [0.2, 0.25) is 0 Å². The topological polar surface area (TPSA) is 29.1 Å². The van der Waals surface area contributed by atoms with E-state index in [0.717, 1.165) is 0 Å². The van der Waals surface area contributed by atoms with Crippen LogP contribution in [0.25, 0.3) is 0 Å². The van der Waals surface area contributed by atoms with Crippen LogP contribution in [0.15, 0.2) is 0 Å². The molecule has 0 aliphatic carbocycles. The van der Waals surface area contributed by atoms with Crippen molar-refractivity contribution in [1.82, 2.24) is 5.32 Å². The molecule has 42 valence electrons. The van der Waals surface area contributed by atoms with Gasteiger partial charge >= 0.3 is 0 Å². The Balaban J connectivity index is 3.34. The van der Waals surface area contributed by atoms with Crippen molar-refractivity contribution >= 4 is 18.4 Å². The van der Waals surface area contributed by atoms with E-state index in [1.54, 1.807) is 7.05 Å². The Morgan fingerprint density at radius 2 is 2.29 bits per heavy atom. The molecule has 1 N–H and O–H groups in total. The molecule has 1 atom stereocenters. The Hall–Kier alpha value is -0.0200. The van der Waals surface area contributed by atoms with Gasteiger partial charge in [0.1, 0.15) is 5.37 Å². The third-order valence-corrected chi connectivity index (χ3v) is 1.28. The average Bonchev–Trinajstić information content (AvgIpc) is 1.65. The molecule has 0 saturated carbocycles. The Labute approximate surface area is 48.7 Å². The molecule has 3 heteroatoms. The second-order valence-electron chi connectivity index (χ2n) is 1.30. The molecule has 0 radical (unpaired) electrons. The lowest BCUT2D eigenvalue weighted by molar-refractivity contribution is -0.116. The highest BCUT2D eigenvalue weighted by Crippen LogP contribution is 1.86. The second kappa shape index (κ2) is 3.04. The first-order valence-corrected chi connectivity index (χ1v) is 2.56. The van der Waals surface area contributed by atoms with Crippen molar-refractivity contribution in [3.8, 4) is 0 Å². The summed E-state index contributed by atoms with van der Waals surface area (Å²) in [6.45, 7) is 1.49. The highest BCUT2D eigenvalue weighted by atomic mass is 32.1. The summed E-state index contributed by atoms with van der Waals surface area (Å²) in [5, 5.41) is 2.39. The van der Waals surface area contributed by atoms with E-state index in [1.165, 1.54) is 6.92 Å². The molecule has 0 spiro atoms. The van der Waals surface area contributed by atoms with Gasteiger partial charge in [-0.2, -0.15) is 12.6 Å². The van der Waals surface area contributed by atoms with Gasteiger partial charge in [-0.25, -0.2) is 0 Å². The third kappa shape index (κ3) is 2.65. The van der Waals surface area contributed by atoms with Crippen LogP contribution in [-0.4, -0.2) is 18.2 Å². The number of carbonyl (C=O) groups is 1. The molecular formula is C4H9NOS. The maximum Gasteiger partial charge on any atom is 0.156 e. The molecule has 2 nitrogen and oxygen atoms in total. The number of carbonyl (C=O) groups excluding carboxylic acids is 1. The molecular weight excluding hydrogens is 110 g/mol. The molecule has 0 rings (SSSR count). The van der Waals surface area contributed by atoms with E-state index >= 15 is 0 Å². The maximum atomic E-state index is 10.2. The number of ketones is 1. The van der Waals surface area contributed by atoms with Gasteiger partial charge in [0, 0.05) is 0 Å². The minimum atomic E-state index is -0.292. The molecule has 0 heterocycles. The van der Waals surface area contributed by atoms with Gasteiger partial charge in [0.05, 0.1) is 0 Å². The van der Waals surface area contributed by atoms with Crippen molar-refractivity contribution in [3.63, 3.8) is 0 Å². The molecule has 0 fully saturated rings. The van der Waals surface area contributed by atoms with E-state index in [9.17, 15) is 4.79 Å². The first kappa shape index (κ1) is 6.98. The van der Waals surface area contributed by atoms with Gasteiger partial charge in [0.25, 0.3) is 0 Å². The summed E-state index contributed by atoms with van der Waals surface area (Å²) in [6, 6.07) is 0. The van der Waals surface area contributed by atoms with E-state index < -0.39 is 0 Å². The summed E-state index contributed by atoms with van der Waals surface area (Å²) in [6.07, 6.45) is 0. The van der Waals surface area contributed by atoms with E-state index in [0.29, 0.717) is 0 Å². The first-order valence-electron chi connectivity index (χ1n) is 2.04. The largest absolute Gasteiger partial charge is 0.302 e. The predicted molar refractivity (Wildman–Crippen MR) is 32.5 cm³/mol. The van der Waals surface area contributed by atoms with Crippen molar-refractivity contribution in [2.24, 2.45) is 0 Å². The number of likely N-dealkylation sites (N-methyl/N-ethyl adjacent to an activating group) is 1. The van der Waals surface area contributed by atoms with Crippen molar-refractivity contribution in [2.45, 2.75) is 12.3 Å². The van der Waals surface area contributed by atoms with Gasteiger partial charge < -0.3 is 5.32 Å². The first-order chi connectivity index (χ1) is 3.18. The van der Waals surface area contributed by atoms with Crippen LogP contribution >= 0.6 is 12.6 Å². The number of hydrogen-bond donors (Lipinski definition) is 2. The lowest BCUT2D eigenvalue weighted by atomic mass is 10.4. The number of thiol groups is 1. The molecule has 0 aromatic rings. The standard InChI is InChI=1S/C4H9NOS/c1-3(6)4(7)5-2/h4-5,7H,1-2H3. The SMILES string of the molecule is CNC(S)C(C)=O. The van der Waals surface area contributed by atoms with Gasteiger partial charge in [-0.15, -0.1) is 0 Å². The lowest BCUT2D eigenvalue weighted by Crippen LogP contribution is -2.25. The lowest BCUT2D eigenvalue weighted by Gasteiger charge is -2.00. The minimum absolute atomic E-state index is 0.0471. The normalized spacial score (nSPS) is 13.6. The fourth-order valence-corrected chi connectivity index (χ4v) is 0.203. The van der Waals surface area contributed by atoms with Crippen LogP contribution in [0, 0.1) is 0 Å². The highest BCUT2D eigenvalue weighted by molar-refractivity contribution is 7.81. The summed E-state index contributed by atoms with van der Waals surface area (Å²) in [4.78, 5) is 10.2. The van der Waals surface area contributed by atoms with E-state index in [1.807, 2.05) is 0 Å². The molecule has 0 amide bonds. The molecule has 0 aliphatic rings. The van der Waals surface area contributed by atoms with Crippen LogP contribution in [0.4, 0.5) is 0 Å². The van der Waals surface area contributed by atoms with E-state index in [2.05, 4.69) is 17.9 Å². The summed E-state index contributed by atoms with van der Waals surface area (Å²) < 4.78 is 0. The Kier molecular flexibility index (Phi) is 3.04. The zero-order valence-electron chi connectivity index (χ0n) is 4.43. The second-order valence-corrected chi connectivity index (χ2v) is 1.82. The summed E-state index contributed by atoms with van der Waals surface area (Å²) in [5.41, 5.74) is 0. The average molecular weight is 119 g/mol. The van der Waals surface area contributed by atoms with Crippen molar-refractivity contribution in [1.29, 1.82) is 0 Å². The van der Waals surface area contributed by atoms with Crippen molar-refractivity contribution in [2.75, 3.05) is 7.05 Å². The van der Waals surface area contributed by atoms with E-state index in [-0.39, 0.29) is 11.2 Å². The number of rotatable bonds is 2. The molecule has 7 heavy (non-hydrogen) atoms. The number of hydrogen-bond acceptors (Lipinski definition) is 3. The van der Waals surface area contributed by atoms with Crippen LogP contribution in [0.3, 0.4) is 0 Å². The molecule has 0 aliphatic heterocycles. The van der Waals surface area contributed by atoms with Gasteiger partial charge in [-0.05, 0) is 14.0 Å².